The summed E-state index contributed by atoms with van der Waals surface area (Å²) in [4.78, 5) is 23.6. The van der Waals surface area contributed by atoms with Gasteiger partial charge >= 0.3 is 12.1 Å². The molecule has 10 heteroatoms. The van der Waals surface area contributed by atoms with Crippen molar-refractivity contribution in [3.63, 3.8) is 0 Å². The maximum absolute atomic E-state index is 15.0. The van der Waals surface area contributed by atoms with Crippen LogP contribution in [0.3, 0.4) is 0 Å². The molecule has 1 amide bonds. The number of aromatic nitrogens is 1. The monoisotopic (exact) mass is 530 g/mol. The van der Waals surface area contributed by atoms with Gasteiger partial charge in [-0.25, -0.2) is 9.18 Å². The van der Waals surface area contributed by atoms with Gasteiger partial charge in [-0.3, -0.25) is 4.79 Å². The average molecular weight is 531 g/mol. The first-order valence-corrected chi connectivity index (χ1v) is 12.1. The van der Waals surface area contributed by atoms with Crippen molar-refractivity contribution in [2.45, 2.75) is 45.3 Å². The van der Waals surface area contributed by atoms with Crippen molar-refractivity contribution in [1.82, 2.24) is 4.57 Å². The Morgan fingerprint density at radius 3 is 2.42 bits per heavy atom. The maximum Gasteiger partial charge on any atom is 0.419 e. The van der Waals surface area contributed by atoms with Crippen molar-refractivity contribution in [2.75, 3.05) is 6.61 Å². The predicted octanol–water partition coefficient (Wildman–Crippen LogP) is 6.30. The molecule has 0 saturated heterocycles. The van der Waals surface area contributed by atoms with E-state index in [0.29, 0.717) is 34.3 Å². The molecule has 0 bridgehead atoms. The molecule has 0 saturated carbocycles. The number of nitrogens with zero attached hydrogens (tertiary/aromatic N) is 1. The second-order valence-electron chi connectivity index (χ2n) is 9.05. The lowest BCUT2D eigenvalue weighted by molar-refractivity contribution is -0.140. The molecule has 0 spiro atoms. The number of unbranched alkanes of at least 4 members (excludes halogenated alkanes) is 2. The van der Waals surface area contributed by atoms with Crippen LogP contribution in [0.15, 0.2) is 48.5 Å². The lowest BCUT2D eigenvalue weighted by atomic mass is 10.0. The second kappa shape index (κ2) is 10.7. The summed E-state index contributed by atoms with van der Waals surface area (Å²) < 4.78 is 62.5. The number of amides is 1. The molecule has 38 heavy (non-hydrogen) atoms. The maximum atomic E-state index is 15.0. The molecule has 4 rings (SSSR count). The van der Waals surface area contributed by atoms with Crippen LogP contribution >= 0.6 is 0 Å². The van der Waals surface area contributed by atoms with E-state index < -0.39 is 36.0 Å². The molecule has 0 fully saturated rings. The van der Waals surface area contributed by atoms with Crippen molar-refractivity contribution in [3.8, 4) is 5.75 Å². The predicted molar refractivity (Wildman–Crippen MR) is 135 cm³/mol. The quantitative estimate of drug-likeness (QED) is 0.186. The zero-order chi connectivity index (χ0) is 27.6. The number of hydrogen-bond donors (Lipinski definition) is 2. The zero-order valence-corrected chi connectivity index (χ0v) is 20.6. The van der Waals surface area contributed by atoms with Crippen molar-refractivity contribution in [1.29, 1.82) is 0 Å². The molecule has 3 N–H and O–H groups in total. The zero-order valence-electron chi connectivity index (χ0n) is 20.6. The van der Waals surface area contributed by atoms with Gasteiger partial charge in [0.2, 0.25) is 5.91 Å². The Morgan fingerprint density at radius 2 is 1.76 bits per heavy atom. The van der Waals surface area contributed by atoms with Crippen molar-refractivity contribution >= 4 is 33.7 Å². The smallest absolute Gasteiger partial charge is 0.419 e. The van der Waals surface area contributed by atoms with Crippen LogP contribution in [0.25, 0.3) is 21.8 Å². The van der Waals surface area contributed by atoms with Crippen molar-refractivity contribution in [3.05, 3.63) is 76.6 Å². The van der Waals surface area contributed by atoms with Gasteiger partial charge in [-0.05, 0) is 48.7 Å². The fraction of sp³-hybridized carbons (Fsp3) is 0.286. The third-order valence-electron chi connectivity index (χ3n) is 6.41. The number of benzene rings is 3. The Labute approximate surface area is 215 Å². The summed E-state index contributed by atoms with van der Waals surface area (Å²) in [6.07, 6.45) is -1.47. The molecule has 0 aliphatic carbocycles. The average Bonchev–Trinajstić information content (AvgIpc) is 3.16. The lowest BCUT2D eigenvalue weighted by Crippen LogP contribution is -2.12. The van der Waals surface area contributed by atoms with Gasteiger partial charge in [-0.1, -0.05) is 38.0 Å². The summed E-state index contributed by atoms with van der Waals surface area (Å²) >= 11 is 0. The van der Waals surface area contributed by atoms with E-state index in [9.17, 15) is 27.9 Å². The highest BCUT2D eigenvalue weighted by atomic mass is 19.4. The number of carbonyl (C=O) groups is 2. The van der Waals surface area contributed by atoms with Gasteiger partial charge in [-0.2, -0.15) is 13.2 Å². The summed E-state index contributed by atoms with van der Waals surface area (Å²) in [5.41, 5.74) is 5.86. The number of primary amides is 1. The van der Waals surface area contributed by atoms with Gasteiger partial charge in [0.1, 0.15) is 11.6 Å². The minimum atomic E-state index is -4.87. The van der Waals surface area contributed by atoms with Crippen LogP contribution in [-0.4, -0.2) is 28.2 Å². The molecular formula is C28H26F4N2O4. The first-order valence-electron chi connectivity index (χ1n) is 12.1. The number of alkyl halides is 3. The van der Waals surface area contributed by atoms with Crippen molar-refractivity contribution < 1.29 is 37.0 Å². The largest absolute Gasteiger partial charge is 0.481 e. The van der Waals surface area contributed by atoms with E-state index in [1.807, 2.05) is 6.07 Å². The van der Waals surface area contributed by atoms with Crippen LogP contribution in [0.4, 0.5) is 17.6 Å². The number of carboxylic acid groups (broad SMARTS) is 1. The Morgan fingerprint density at radius 1 is 1.03 bits per heavy atom. The van der Waals surface area contributed by atoms with E-state index in [1.165, 1.54) is 12.1 Å². The van der Waals surface area contributed by atoms with Gasteiger partial charge in [0.05, 0.1) is 28.5 Å². The Kier molecular flexibility index (Phi) is 7.61. The van der Waals surface area contributed by atoms with Gasteiger partial charge < -0.3 is 20.1 Å². The second-order valence-corrected chi connectivity index (χ2v) is 9.05. The number of ether oxygens (including phenoxy) is 1. The number of carbonyl (C=O) groups excluding carboxylic acids is 1. The molecule has 1 aromatic heterocycles. The number of aryl methyl sites for hydroxylation is 1. The van der Waals surface area contributed by atoms with Crippen LogP contribution in [0.5, 0.6) is 5.75 Å². The van der Waals surface area contributed by atoms with Crippen LogP contribution < -0.4 is 10.5 Å². The number of nitrogens with two attached hydrogens (primary N) is 1. The molecule has 0 unspecified atom stereocenters. The standard InChI is InChI=1S/C28H26F4N2O4/c1-2-3-4-7-16-12-21-25(22(13-16)38-15-23(35)36)24-18(27(33)37)9-6-11-20(24)34(21)14-17-8-5-10-19(26(17)29)28(30,31)32/h5-6,8-13H,2-4,7,14-15H2,1H3,(H2,33,37)(H,35,36). The van der Waals surface area contributed by atoms with Gasteiger partial charge in [0, 0.05) is 16.5 Å². The molecule has 200 valence electrons. The molecule has 0 aliphatic rings. The third kappa shape index (κ3) is 5.29. The molecule has 0 aliphatic heterocycles. The first-order chi connectivity index (χ1) is 18.0. The topological polar surface area (TPSA) is 94.6 Å². The first kappa shape index (κ1) is 27.0. The minimum Gasteiger partial charge on any atom is -0.481 e. The Hall–Kier alpha value is -4.08. The highest BCUT2D eigenvalue weighted by molar-refractivity contribution is 6.20. The molecule has 3 aromatic carbocycles. The number of fused-ring (bicyclic) bond motifs is 3. The number of hydrogen-bond acceptors (Lipinski definition) is 3. The van der Waals surface area contributed by atoms with E-state index in [2.05, 4.69) is 6.92 Å². The summed E-state index contributed by atoms with van der Waals surface area (Å²) in [5.74, 6) is -3.16. The molecule has 0 atom stereocenters. The lowest BCUT2D eigenvalue weighted by Gasteiger charge is -2.14. The molecule has 1 heterocycles. The van der Waals surface area contributed by atoms with E-state index in [4.69, 9.17) is 10.5 Å². The Bertz CT molecular complexity index is 1530. The fourth-order valence-corrected chi connectivity index (χ4v) is 4.72. The number of rotatable bonds is 10. The van der Waals surface area contributed by atoms with E-state index in [-0.39, 0.29) is 23.4 Å². The summed E-state index contributed by atoms with van der Waals surface area (Å²) in [5, 5.41) is 9.96. The summed E-state index contributed by atoms with van der Waals surface area (Å²) in [7, 11) is 0. The highest BCUT2D eigenvalue weighted by Gasteiger charge is 2.35. The highest BCUT2D eigenvalue weighted by Crippen LogP contribution is 2.40. The van der Waals surface area contributed by atoms with Gasteiger partial charge in [0.15, 0.2) is 6.61 Å². The van der Waals surface area contributed by atoms with E-state index in [0.717, 1.165) is 30.9 Å². The van der Waals surface area contributed by atoms with Crippen LogP contribution in [0, 0.1) is 5.82 Å². The normalized spacial score (nSPS) is 11.8. The SMILES string of the molecule is CCCCCc1cc(OCC(=O)O)c2c3c(C(N)=O)cccc3n(Cc3cccc(C(F)(F)F)c3F)c2c1. The summed E-state index contributed by atoms with van der Waals surface area (Å²) in [6, 6.07) is 11.3. The van der Waals surface area contributed by atoms with Crippen LogP contribution in [0.2, 0.25) is 0 Å². The van der Waals surface area contributed by atoms with Crippen LogP contribution in [0.1, 0.15) is 53.2 Å². The number of halogens is 4. The molecule has 4 aromatic rings. The minimum absolute atomic E-state index is 0.120. The molecule has 0 radical (unpaired) electrons. The van der Waals surface area contributed by atoms with Crippen molar-refractivity contribution in [2.24, 2.45) is 5.73 Å². The van der Waals surface area contributed by atoms with Gasteiger partial charge in [0.25, 0.3) is 0 Å². The molecular weight excluding hydrogens is 504 g/mol. The number of carboxylic acids is 1. The van der Waals surface area contributed by atoms with E-state index in [1.54, 1.807) is 22.8 Å². The van der Waals surface area contributed by atoms with Gasteiger partial charge in [-0.15, -0.1) is 0 Å². The third-order valence-corrected chi connectivity index (χ3v) is 6.41. The Balaban J connectivity index is 2.02. The van der Waals surface area contributed by atoms with E-state index >= 15 is 4.39 Å². The fourth-order valence-electron chi connectivity index (χ4n) is 4.72. The number of aliphatic carboxylic acids is 1. The molecule has 6 nitrogen and oxygen atoms in total. The van der Waals surface area contributed by atoms with Crippen LogP contribution in [-0.2, 0) is 23.9 Å². The summed E-state index contributed by atoms with van der Waals surface area (Å²) in [6.45, 7) is 1.12.